The molecule has 2 amide bonds. The molecule has 1 aromatic heterocycles. The van der Waals surface area contributed by atoms with Crippen LogP contribution >= 0.6 is 23.2 Å². The van der Waals surface area contributed by atoms with Gasteiger partial charge in [-0.3, -0.25) is 9.59 Å². The number of ether oxygens (including phenoxy) is 3. The summed E-state index contributed by atoms with van der Waals surface area (Å²) in [4.78, 5) is 31.8. The smallest absolute Gasteiger partial charge is 0.417 e. The van der Waals surface area contributed by atoms with E-state index in [1.165, 1.54) is 6.07 Å². The van der Waals surface area contributed by atoms with Crippen molar-refractivity contribution < 1.29 is 54.9 Å². The first-order valence-corrected chi connectivity index (χ1v) is 22.2. The second kappa shape index (κ2) is 20.2. The number of imidazole rings is 1. The number of aliphatic hydroxyl groups is 1. The Bertz CT molecular complexity index is 2630. The van der Waals surface area contributed by atoms with Crippen LogP contribution in [0.25, 0.3) is 0 Å². The monoisotopic (exact) mass is 960 g/mol. The van der Waals surface area contributed by atoms with Gasteiger partial charge in [-0.05, 0) is 85.8 Å². The van der Waals surface area contributed by atoms with Crippen molar-refractivity contribution in [2.45, 2.75) is 49.0 Å². The van der Waals surface area contributed by atoms with Gasteiger partial charge in [-0.1, -0.05) is 29.3 Å². The van der Waals surface area contributed by atoms with E-state index in [0.717, 1.165) is 80.9 Å². The van der Waals surface area contributed by atoms with Gasteiger partial charge in [0.25, 0.3) is 5.91 Å². The number of anilines is 2. The Morgan fingerprint density at radius 1 is 1.02 bits per heavy atom. The highest BCUT2D eigenvalue weighted by Crippen LogP contribution is 2.41. The minimum atomic E-state index is -4.86. The number of carbonyl (C=O) groups is 2. The number of alkyl halides is 3. The maximum Gasteiger partial charge on any atom is 0.417 e. The molecule has 2 fully saturated rings. The van der Waals surface area contributed by atoms with Gasteiger partial charge in [0.05, 0.1) is 52.3 Å². The maximum absolute atomic E-state index is 13.0. The van der Waals surface area contributed by atoms with Crippen molar-refractivity contribution in [3.63, 3.8) is 0 Å². The molecular weight excluding hydrogens is 919 g/mol. The minimum Gasteiger partial charge on any atom is -0.491 e. The van der Waals surface area contributed by atoms with Crippen molar-refractivity contribution in [2.75, 3.05) is 55.4 Å². The number of aromatic nitrogens is 2. The maximum atomic E-state index is 13.0. The Hall–Kier alpha value is -5.75. The number of sulfone groups is 1. The largest absolute Gasteiger partial charge is 0.491 e. The fourth-order valence-corrected chi connectivity index (χ4v) is 9.12. The van der Waals surface area contributed by atoms with E-state index in [4.69, 9.17) is 42.7 Å². The van der Waals surface area contributed by atoms with E-state index in [9.17, 15) is 40.7 Å². The zero-order valence-electron chi connectivity index (χ0n) is 34.8. The van der Waals surface area contributed by atoms with Gasteiger partial charge in [0, 0.05) is 67.5 Å². The number of hydrogen-bond acceptors (Lipinski definition) is 11. The number of nitrogens with one attached hydrogen (secondary N) is 1. The summed E-state index contributed by atoms with van der Waals surface area (Å²) in [6.07, 6.45) is 0.118. The van der Waals surface area contributed by atoms with E-state index < -0.39 is 56.0 Å². The number of amides is 2. The molecule has 21 heteroatoms. The lowest BCUT2D eigenvalue weighted by Gasteiger charge is -2.35. The van der Waals surface area contributed by atoms with Crippen LogP contribution in [0.1, 0.15) is 30.5 Å². The van der Waals surface area contributed by atoms with Crippen LogP contribution < -0.4 is 15.0 Å². The molecule has 2 aliphatic rings. The number of piperazine rings is 1. The lowest BCUT2D eigenvalue weighted by atomic mass is 10.1. The van der Waals surface area contributed by atoms with Gasteiger partial charge in [-0.25, -0.2) is 17.8 Å². The predicted molar refractivity (Wildman–Crippen MR) is 231 cm³/mol. The zero-order chi connectivity index (χ0) is 47.2. The Morgan fingerprint density at radius 3 is 2.31 bits per heavy atom. The molecule has 4 aromatic carbocycles. The summed E-state index contributed by atoms with van der Waals surface area (Å²) in [5, 5.41) is 22.1. The Morgan fingerprint density at radius 2 is 1.71 bits per heavy atom. The molecular formula is C44H42Cl2F4N6O8S. The number of hydrogen-bond donors (Lipinski definition) is 2. The molecule has 3 heterocycles. The molecule has 0 saturated carbocycles. The Balaban J connectivity index is 0.000000221. The summed E-state index contributed by atoms with van der Waals surface area (Å²) in [5.74, 6) is -3.26. The summed E-state index contributed by atoms with van der Waals surface area (Å²) in [6, 6.07) is 20.7. The zero-order valence-corrected chi connectivity index (χ0v) is 37.1. The normalized spacial score (nSPS) is 18.5. The Kier molecular flexibility index (Phi) is 15.1. The molecule has 2 aliphatic heterocycles. The topological polar surface area (TPSA) is 176 Å². The molecule has 7 rings (SSSR count). The van der Waals surface area contributed by atoms with Gasteiger partial charge < -0.3 is 39.0 Å². The minimum absolute atomic E-state index is 0.129. The first kappa shape index (κ1) is 48.7. The third-order valence-electron chi connectivity index (χ3n) is 10.3. The van der Waals surface area contributed by atoms with E-state index >= 15 is 0 Å². The van der Waals surface area contributed by atoms with Crippen LogP contribution in [0.4, 0.5) is 28.9 Å². The predicted octanol–water partition coefficient (Wildman–Crippen LogP) is 7.09. The molecule has 65 heavy (non-hydrogen) atoms. The third kappa shape index (κ3) is 12.3. The SMILES string of the molecule is CC(=O)N1CCN(c2ccc(OC[C@H]3CO[C@](Cn4ccnc4)(c4ccc(Cl)cc4Cl)O3)cc2)CC1.CC(O)(CS(=O)(=O)c1ccc(F)cc1)C(=O)Nc1ccc(C#N)c(C(F)(F)F)c1. The van der Waals surface area contributed by atoms with Gasteiger partial charge in [0.15, 0.2) is 15.4 Å². The molecule has 2 N–H and O–H groups in total. The lowest BCUT2D eigenvalue weighted by Crippen LogP contribution is -2.48. The molecule has 14 nitrogen and oxygen atoms in total. The highest BCUT2D eigenvalue weighted by molar-refractivity contribution is 7.91. The number of rotatable bonds is 12. The first-order valence-electron chi connectivity index (χ1n) is 19.8. The second-order valence-electron chi connectivity index (χ2n) is 15.3. The van der Waals surface area contributed by atoms with Gasteiger partial charge in [-0.15, -0.1) is 0 Å². The molecule has 0 aliphatic carbocycles. The number of carbonyl (C=O) groups excluding carboxylic acids is 2. The average Bonchev–Trinajstić information content (AvgIpc) is 3.93. The van der Waals surface area contributed by atoms with Crippen LogP contribution in [0, 0.1) is 17.1 Å². The van der Waals surface area contributed by atoms with E-state index in [0.29, 0.717) is 41.4 Å². The fraction of sp³-hybridized carbons (Fsp3) is 0.318. The van der Waals surface area contributed by atoms with Crippen LogP contribution in [0.2, 0.25) is 10.0 Å². The van der Waals surface area contributed by atoms with Crippen molar-refractivity contribution in [3.8, 4) is 11.8 Å². The average molecular weight is 962 g/mol. The van der Waals surface area contributed by atoms with Gasteiger partial charge in [0.2, 0.25) is 11.7 Å². The molecule has 344 valence electrons. The summed E-state index contributed by atoms with van der Waals surface area (Å²) in [5.41, 5.74) is -3.04. The van der Waals surface area contributed by atoms with Crippen molar-refractivity contribution in [1.29, 1.82) is 5.26 Å². The van der Waals surface area contributed by atoms with Gasteiger partial charge in [0.1, 0.15) is 24.3 Å². The van der Waals surface area contributed by atoms with E-state index in [1.807, 2.05) is 51.3 Å². The Labute approximate surface area is 381 Å². The first-order chi connectivity index (χ1) is 30.7. The molecule has 0 bridgehead atoms. The lowest BCUT2D eigenvalue weighted by molar-refractivity contribution is -0.189. The van der Waals surface area contributed by atoms with Crippen molar-refractivity contribution in [2.24, 2.45) is 0 Å². The molecule has 0 radical (unpaired) electrons. The van der Waals surface area contributed by atoms with Crippen LogP contribution in [0.15, 0.2) is 109 Å². The highest BCUT2D eigenvalue weighted by Gasteiger charge is 2.45. The van der Waals surface area contributed by atoms with E-state index in [1.54, 1.807) is 31.6 Å². The molecule has 5 aromatic rings. The standard InChI is InChI=1S/C26H28Cl2N4O4.C18H14F4N2O4S/c1-19(33)31-10-12-32(13-11-31)21-3-5-22(6-4-21)34-15-23-16-35-26(36-23,17-30-9-8-29-18-30)24-7-2-20(27)14-25(24)28;1-17(26,10-29(27,28)14-6-3-12(19)4-7-14)16(25)24-13-5-2-11(9-23)15(8-13)18(20,21)22/h2-9,14,18,23H,10-13,15-17H2,1H3;2-8,26H,10H2,1H3,(H,24,25)/t23-,26-;/m0./s1. The molecule has 0 spiro atoms. The summed E-state index contributed by atoms with van der Waals surface area (Å²) in [7, 11) is -4.21. The number of nitrogens with zero attached hydrogens (tertiary/aromatic N) is 5. The van der Waals surface area contributed by atoms with Crippen LogP contribution in [0.5, 0.6) is 5.75 Å². The summed E-state index contributed by atoms with van der Waals surface area (Å²) < 4.78 is 97.2. The molecule has 1 unspecified atom stereocenters. The van der Waals surface area contributed by atoms with Crippen LogP contribution in [-0.2, 0) is 47.4 Å². The van der Waals surface area contributed by atoms with E-state index in [-0.39, 0.29) is 22.6 Å². The second-order valence-corrected chi connectivity index (χ2v) is 18.1. The number of nitriles is 1. The van der Waals surface area contributed by atoms with Crippen LogP contribution in [-0.4, -0.2) is 96.6 Å². The summed E-state index contributed by atoms with van der Waals surface area (Å²) in [6.45, 7) is 6.68. The quantitative estimate of drug-likeness (QED) is 0.0965. The highest BCUT2D eigenvalue weighted by atomic mass is 35.5. The van der Waals surface area contributed by atoms with E-state index in [2.05, 4.69) is 9.88 Å². The van der Waals surface area contributed by atoms with Gasteiger partial charge >= 0.3 is 6.18 Å². The number of benzene rings is 4. The third-order valence-corrected chi connectivity index (χ3v) is 12.8. The number of halogens is 6. The molecule has 3 atom stereocenters. The van der Waals surface area contributed by atoms with Crippen LogP contribution in [0.3, 0.4) is 0 Å². The van der Waals surface area contributed by atoms with Crippen molar-refractivity contribution in [3.05, 3.63) is 136 Å². The van der Waals surface area contributed by atoms with Crippen molar-refractivity contribution in [1.82, 2.24) is 14.5 Å². The van der Waals surface area contributed by atoms with Gasteiger partial charge in [-0.2, -0.15) is 18.4 Å². The molecule has 2 saturated heterocycles. The summed E-state index contributed by atoms with van der Waals surface area (Å²) >= 11 is 12.7. The fourth-order valence-electron chi connectivity index (χ4n) is 6.98. The van der Waals surface area contributed by atoms with Crippen molar-refractivity contribution >= 4 is 56.2 Å².